The van der Waals surface area contributed by atoms with Gasteiger partial charge in [-0.2, -0.15) is 13.2 Å². The van der Waals surface area contributed by atoms with E-state index in [2.05, 4.69) is 15.6 Å². The van der Waals surface area contributed by atoms with Crippen LogP contribution in [0.3, 0.4) is 0 Å². The Morgan fingerprint density at radius 1 is 1.29 bits per heavy atom. The second kappa shape index (κ2) is 4.17. The van der Waals surface area contributed by atoms with Gasteiger partial charge in [0.15, 0.2) is 0 Å². The first-order chi connectivity index (χ1) is 6.51. The van der Waals surface area contributed by atoms with E-state index in [0.717, 1.165) is 0 Å². The summed E-state index contributed by atoms with van der Waals surface area (Å²) in [6.07, 6.45) is -1.35. The number of hydrogen-bond donors (Lipinski definition) is 2. The molecule has 0 radical (unpaired) electrons. The summed E-state index contributed by atoms with van der Waals surface area (Å²) >= 11 is 0. The van der Waals surface area contributed by atoms with Crippen molar-refractivity contribution in [2.45, 2.75) is 6.18 Å². The molecular weight excluding hydrogens is 195 g/mol. The van der Waals surface area contributed by atoms with Gasteiger partial charge < -0.3 is 10.6 Å². The minimum atomic E-state index is -4.21. The maximum absolute atomic E-state index is 11.8. The number of pyridine rings is 1. The predicted molar refractivity (Wildman–Crippen MR) is 48.3 cm³/mol. The lowest BCUT2D eigenvalue weighted by Crippen LogP contribution is -2.21. The number of nitrogens with one attached hydrogen (secondary N) is 2. The van der Waals surface area contributed by atoms with Crippen molar-refractivity contribution in [1.82, 2.24) is 4.98 Å². The fraction of sp³-hybridized carbons (Fsp3) is 0.375. The second-order valence-electron chi connectivity index (χ2n) is 2.68. The third-order valence-electron chi connectivity index (χ3n) is 1.52. The third kappa shape index (κ3) is 3.51. The lowest BCUT2D eigenvalue weighted by Gasteiger charge is -2.09. The largest absolute Gasteiger partial charge is 0.405 e. The molecule has 0 bridgehead atoms. The SMILES string of the molecule is CNc1cncc(NCC(F)(F)F)c1. The van der Waals surface area contributed by atoms with Crippen LogP contribution in [-0.2, 0) is 0 Å². The first-order valence-corrected chi connectivity index (χ1v) is 3.95. The van der Waals surface area contributed by atoms with Gasteiger partial charge in [-0.05, 0) is 6.07 Å². The Hall–Kier alpha value is -1.46. The number of nitrogens with zero attached hydrogens (tertiary/aromatic N) is 1. The van der Waals surface area contributed by atoms with Crippen LogP contribution in [0.25, 0.3) is 0 Å². The smallest absolute Gasteiger partial charge is 0.387 e. The first-order valence-electron chi connectivity index (χ1n) is 3.95. The summed E-state index contributed by atoms with van der Waals surface area (Å²) in [4.78, 5) is 3.76. The van der Waals surface area contributed by atoms with Crippen LogP contribution in [0.4, 0.5) is 24.5 Å². The van der Waals surface area contributed by atoms with Gasteiger partial charge in [-0.3, -0.25) is 4.98 Å². The molecule has 1 heterocycles. The lowest BCUT2D eigenvalue weighted by atomic mass is 10.3. The maximum Gasteiger partial charge on any atom is 0.405 e. The highest BCUT2D eigenvalue weighted by molar-refractivity contribution is 5.53. The van der Waals surface area contributed by atoms with Gasteiger partial charge in [-0.1, -0.05) is 0 Å². The summed E-state index contributed by atoms with van der Waals surface area (Å²) in [6.45, 7) is -1.05. The highest BCUT2D eigenvalue weighted by Gasteiger charge is 2.26. The second-order valence-corrected chi connectivity index (χ2v) is 2.68. The van der Waals surface area contributed by atoms with Crippen LogP contribution < -0.4 is 10.6 Å². The fourth-order valence-corrected chi connectivity index (χ4v) is 0.876. The average molecular weight is 205 g/mol. The molecule has 6 heteroatoms. The zero-order valence-electron chi connectivity index (χ0n) is 7.52. The summed E-state index contributed by atoms with van der Waals surface area (Å²) in [5.74, 6) is 0. The molecule has 1 aromatic heterocycles. The molecule has 0 aliphatic carbocycles. The zero-order chi connectivity index (χ0) is 10.6. The molecule has 1 rings (SSSR count). The third-order valence-corrected chi connectivity index (χ3v) is 1.52. The fourth-order valence-electron chi connectivity index (χ4n) is 0.876. The summed E-state index contributed by atoms with van der Waals surface area (Å²) < 4.78 is 35.5. The van der Waals surface area contributed by atoms with Crippen LogP contribution in [0.5, 0.6) is 0 Å². The van der Waals surface area contributed by atoms with E-state index < -0.39 is 12.7 Å². The monoisotopic (exact) mass is 205 g/mol. The number of rotatable bonds is 3. The van der Waals surface area contributed by atoms with Crippen LogP contribution in [-0.4, -0.2) is 24.8 Å². The molecular formula is C8H10F3N3. The topological polar surface area (TPSA) is 37.0 Å². The number of halogens is 3. The van der Waals surface area contributed by atoms with Crippen molar-refractivity contribution in [2.75, 3.05) is 24.2 Å². The Kier molecular flexibility index (Phi) is 3.16. The minimum Gasteiger partial charge on any atom is -0.387 e. The Bertz CT molecular complexity index is 298. The zero-order valence-corrected chi connectivity index (χ0v) is 7.52. The molecule has 1 aromatic rings. The maximum atomic E-state index is 11.8. The van der Waals surface area contributed by atoms with Crippen LogP contribution in [0, 0.1) is 0 Å². The van der Waals surface area contributed by atoms with E-state index in [0.29, 0.717) is 11.4 Å². The molecule has 0 amide bonds. The summed E-state index contributed by atoms with van der Waals surface area (Å²) in [7, 11) is 1.67. The van der Waals surface area contributed by atoms with Crippen LogP contribution in [0.15, 0.2) is 18.5 Å². The molecule has 0 atom stereocenters. The first kappa shape index (κ1) is 10.6. The van der Waals surface area contributed by atoms with Gasteiger partial charge in [-0.15, -0.1) is 0 Å². The van der Waals surface area contributed by atoms with Gasteiger partial charge in [0.2, 0.25) is 0 Å². The number of aromatic nitrogens is 1. The quantitative estimate of drug-likeness (QED) is 0.793. The molecule has 0 aliphatic heterocycles. The Balaban J connectivity index is 2.59. The van der Waals surface area contributed by atoms with Crippen LogP contribution >= 0.6 is 0 Å². The van der Waals surface area contributed by atoms with Crippen molar-refractivity contribution in [3.8, 4) is 0 Å². The van der Waals surface area contributed by atoms with E-state index in [1.165, 1.54) is 12.4 Å². The molecule has 0 saturated heterocycles. The van der Waals surface area contributed by atoms with Crippen LogP contribution in [0.2, 0.25) is 0 Å². The molecule has 0 unspecified atom stereocenters. The number of alkyl halides is 3. The van der Waals surface area contributed by atoms with Gasteiger partial charge in [0.25, 0.3) is 0 Å². The molecule has 2 N–H and O–H groups in total. The van der Waals surface area contributed by atoms with Crippen LogP contribution in [0.1, 0.15) is 0 Å². The average Bonchev–Trinajstić information content (AvgIpc) is 2.14. The number of anilines is 2. The Morgan fingerprint density at radius 3 is 2.50 bits per heavy atom. The van der Waals surface area contributed by atoms with Crippen molar-refractivity contribution >= 4 is 11.4 Å². The van der Waals surface area contributed by atoms with Crippen molar-refractivity contribution < 1.29 is 13.2 Å². The van der Waals surface area contributed by atoms with Crippen molar-refractivity contribution in [2.24, 2.45) is 0 Å². The molecule has 0 fully saturated rings. The lowest BCUT2D eigenvalue weighted by molar-refractivity contribution is -0.115. The van der Waals surface area contributed by atoms with Gasteiger partial charge in [-0.25, -0.2) is 0 Å². The summed E-state index contributed by atoms with van der Waals surface area (Å²) in [5, 5.41) is 5.01. The molecule has 0 aromatic carbocycles. The Morgan fingerprint density at radius 2 is 1.93 bits per heavy atom. The highest BCUT2D eigenvalue weighted by atomic mass is 19.4. The van der Waals surface area contributed by atoms with Gasteiger partial charge in [0, 0.05) is 7.05 Å². The van der Waals surface area contributed by atoms with Gasteiger partial charge in [0.1, 0.15) is 6.54 Å². The molecule has 3 nitrogen and oxygen atoms in total. The highest BCUT2D eigenvalue weighted by Crippen LogP contribution is 2.17. The summed E-state index contributed by atoms with van der Waals surface area (Å²) in [6, 6.07) is 1.55. The Labute approximate surface area is 79.3 Å². The van der Waals surface area contributed by atoms with E-state index in [-0.39, 0.29) is 0 Å². The normalized spacial score (nSPS) is 11.1. The standard InChI is InChI=1S/C8H10F3N3/c1-12-6-2-7(4-13-3-6)14-5-8(9,10)11/h2-4,12,14H,5H2,1H3. The molecule has 14 heavy (non-hydrogen) atoms. The van der Waals surface area contributed by atoms with Crippen molar-refractivity contribution in [3.63, 3.8) is 0 Å². The summed E-state index contributed by atoms with van der Waals surface area (Å²) in [5.41, 5.74) is 1.01. The van der Waals surface area contributed by atoms with Gasteiger partial charge in [0.05, 0.1) is 23.8 Å². The molecule has 78 valence electrons. The van der Waals surface area contributed by atoms with E-state index in [1.807, 2.05) is 0 Å². The minimum absolute atomic E-state index is 0.342. The molecule has 0 saturated carbocycles. The van der Waals surface area contributed by atoms with Crippen molar-refractivity contribution in [1.29, 1.82) is 0 Å². The molecule has 0 aliphatic rings. The predicted octanol–water partition coefficient (Wildman–Crippen LogP) is 2.10. The molecule has 0 spiro atoms. The van der Waals surface area contributed by atoms with E-state index in [4.69, 9.17) is 0 Å². The number of hydrogen-bond acceptors (Lipinski definition) is 3. The van der Waals surface area contributed by atoms with Gasteiger partial charge >= 0.3 is 6.18 Å². The van der Waals surface area contributed by atoms with E-state index >= 15 is 0 Å². The van der Waals surface area contributed by atoms with Crippen molar-refractivity contribution in [3.05, 3.63) is 18.5 Å². The van der Waals surface area contributed by atoms with E-state index in [9.17, 15) is 13.2 Å². The van der Waals surface area contributed by atoms with E-state index in [1.54, 1.807) is 13.1 Å².